The zero-order chi connectivity index (χ0) is 34.1. The summed E-state index contributed by atoms with van der Waals surface area (Å²) in [6.45, 7) is 0. The highest BCUT2D eigenvalue weighted by Gasteiger charge is 2.19. The van der Waals surface area contributed by atoms with Crippen molar-refractivity contribution >= 4 is 33.2 Å². The fraction of sp³-hybridized carbons (Fsp3) is 0.0204. The second-order valence-corrected chi connectivity index (χ2v) is 13.0. The molecule has 1 heterocycles. The predicted molar refractivity (Wildman–Crippen MR) is 217 cm³/mol. The molecule has 0 atom stereocenters. The molecule has 0 radical (unpaired) electrons. The normalized spacial score (nSPS) is 11.2. The minimum atomic E-state index is 1.16. The van der Waals surface area contributed by atoms with E-state index in [0.29, 0.717) is 0 Å². The van der Waals surface area contributed by atoms with Gasteiger partial charge < -0.3 is 9.47 Å². The lowest BCUT2D eigenvalue weighted by molar-refractivity contribution is 1.18. The van der Waals surface area contributed by atoms with Gasteiger partial charge in [-0.1, -0.05) is 152 Å². The molecule has 0 aliphatic heterocycles. The maximum absolute atomic E-state index is 2.45. The maximum Gasteiger partial charge on any atom is 0.0546 e. The summed E-state index contributed by atoms with van der Waals surface area (Å²) >= 11 is 0. The summed E-state index contributed by atoms with van der Waals surface area (Å²) in [5.41, 5.74) is 15.5. The lowest BCUT2D eigenvalue weighted by Crippen LogP contribution is -2.10. The Hall–Kier alpha value is -6.64. The molecule has 2 heteroatoms. The van der Waals surface area contributed by atoms with Gasteiger partial charge in [0.2, 0.25) is 0 Å². The van der Waals surface area contributed by atoms with Crippen LogP contribution in [0.2, 0.25) is 0 Å². The third-order valence-electron chi connectivity index (χ3n) is 10.0. The number of para-hydroxylation sites is 3. The van der Waals surface area contributed by atoms with Crippen LogP contribution in [0.3, 0.4) is 0 Å². The number of hydrogen-bond acceptors (Lipinski definition) is 1. The van der Waals surface area contributed by atoms with E-state index in [0.717, 1.165) is 5.69 Å². The van der Waals surface area contributed by atoms with E-state index >= 15 is 0 Å². The second kappa shape index (κ2) is 13.0. The van der Waals surface area contributed by atoms with E-state index in [1.807, 2.05) is 0 Å². The molecule has 1 aromatic heterocycles. The predicted octanol–water partition coefficient (Wildman–Crippen LogP) is 13.2. The highest BCUT2D eigenvalue weighted by atomic mass is 15.1. The lowest BCUT2D eigenvalue weighted by atomic mass is 9.92. The number of nitrogens with zero attached hydrogens (tertiary/aromatic N) is 2. The number of benzene rings is 8. The van der Waals surface area contributed by atoms with Crippen LogP contribution in [0.15, 0.2) is 200 Å². The minimum absolute atomic E-state index is 1.16. The highest BCUT2D eigenvalue weighted by molar-refractivity contribution is 6.11. The monoisotopic (exact) mass is 652 g/mol. The Labute approximate surface area is 299 Å². The number of anilines is 2. The molecule has 0 unspecified atom stereocenters. The first-order chi connectivity index (χ1) is 25.2. The van der Waals surface area contributed by atoms with Gasteiger partial charge in [-0.3, -0.25) is 0 Å². The summed E-state index contributed by atoms with van der Waals surface area (Å²) in [6, 6.07) is 72.1. The first-order valence-electron chi connectivity index (χ1n) is 17.5. The highest BCUT2D eigenvalue weighted by Crippen LogP contribution is 2.42. The van der Waals surface area contributed by atoms with Crippen LogP contribution >= 0.6 is 0 Å². The van der Waals surface area contributed by atoms with Crippen molar-refractivity contribution in [2.45, 2.75) is 0 Å². The van der Waals surface area contributed by atoms with Gasteiger partial charge in [-0.15, -0.1) is 0 Å². The van der Waals surface area contributed by atoms with Crippen LogP contribution < -0.4 is 4.90 Å². The van der Waals surface area contributed by atoms with E-state index in [1.54, 1.807) is 0 Å². The van der Waals surface area contributed by atoms with Crippen molar-refractivity contribution in [1.82, 2.24) is 4.57 Å². The molecule has 0 aliphatic carbocycles. The van der Waals surface area contributed by atoms with Gasteiger partial charge in [0, 0.05) is 40.3 Å². The Morgan fingerprint density at radius 1 is 0.373 bits per heavy atom. The van der Waals surface area contributed by atoms with Gasteiger partial charge in [0.15, 0.2) is 0 Å². The molecule has 242 valence electrons. The van der Waals surface area contributed by atoms with Crippen LogP contribution in [0.1, 0.15) is 0 Å². The van der Waals surface area contributed by atoms with Gasteiger partial charge in [0.25, 0.3) is 0 Å². The van der Waals surface area contributed by atoms with Gasteiger partial charge in [-0.25, -0.2) is 0 Å². The maximum atomic E-state index is 2.45. The van der Waals surface area contributed by atoms with Gasteiger partial charge in [0.05, 0.1) is 16.7 Å². The summed E-state index contributed by atoms with van der Waals surface area (Å²) in [5.74, 6) is 0. The van der Waals surface area contributed by atoms with Gasteiger partial charge in [0.1, 0.15) is 0 Å². The first-order valence-corrected chi connectivity index (χ1v) is 17.5. The van der Waals surface area contributed by atoms with Crippen molar-refractivity contribution in [2.24, 2.45) is 0 Å². The molecule has 2 nitrogen and oxygen atoms in total. The molecule has 9 rings (SSSR count). The van der Waals surface area contributed by atoms with E-state index in [4.69, 9.17) is 0 Å². The van der Waals surface area contributed by atoms with Crippen molar-refractivity contribution in [3.63, 3.8) is 0 Å². The van der Waals surface area contributed by atoms with E-state index in [2.05, 4.69) is 217 Å². The smallest absolute Gasteiger partial charge is 0.0546 e. The third-order valence-corrected chi connectivity index (χ3v) is 10.0. The summed E-state index contributed by atoms with van der Waals surface area (Å²) in [7, 11) is 2.14. The molecule has 51 heavy (non-hydrogen) atoms. The zero-order valence-electron chi connectivity index (χ0n) is 28.4. The van der Waals surface area contributed by atoms with Crippen molar-refractivity contribution < 1.29 is 0 Å². The van der Waals surface area contributed by atoms with Crippen LogP contribution in [0.25, 0.3) is 72.0 Å². The van der Waals surface area contributed by atoms with Crippen LogP contribution in [0, 0.1) is 0 Å². The van der Waals surface area contributed by atoms with Crippen LogP contribution in [0.5, 0.6) is 0 Å². The summed E-state index contributed by atoms with van der Waals surface area (Å²) < 4.78 is 2.45. The van der Waals surface area contributed by atoms with Crippen molar-refractivity contribution in [3.05, 3.63) is 200 Å². The van der Waals surface area contributed by atoms with E-state index < -0.39 is 0 Å². The molecule has 0 spiro atoms. The standard InChI is InChI=1S/C49H36N2/c1-50(40-23-9-4-10-24-40)45-28-13-11-25-41(45)39-22-15-21-37(33-39)38-31-32-47-44(34-38)43-26-12-14-29-46(43)51(47)48-30-16-27-42(35-17-5-2-6-18-35)49(48)36-19-7-3-8-20-36/h2-34H,1H3. The lowest BCUT2D eigenvalue weighted by Gasteiger charge is -2.23. The van der Waals surface area contributed by atoms with Gasteiger partial charge in [-0.05, 0) is 81.9 Å². The van der Waals surface area contributed by atoms with Crippen LogP contribution in [0.4, 0.5) is 11.4 Å². The second-order valence-electron chi connectivity index (χ2n) is 13.0. The Kier molecular flexibility index (Phi) is 7.75. The summed E-state index contributed by atoms with van der Waals surface area (Å²) in [5, 5.41) is 2.48. The fourth-order valence-electron chi connectivity index (χ4n) is 7.57. The van der Waals surface area contributed by atoms with Crippen molar-refractivity contribution in [1.29, 1.82) is 0 Å². The molecule has 8 aromatic carbocycles. The van der Waals surface area contributed by atoms with Gasteiger partial charge >= 0.3 is 0 Å². The summed E-state index contributed by atoms with van der Waals surface area (Å²) in [6.07, 6.45) is 0. The average Bonchev–Trinajstić information content (AvgIpc) is 3.55. The molecule has 0 saturated carbocycles. The van der Waals surface area contributed by atoms with Crippen LogP contribution in [-0.2, 0) is 0 Å². The first kappa shape index (κ1) is 30.4. The SMILES string of the molecule is CN(c1ccccc1)c1ccccc1-c1cccc(-c2ccc3c(c2)c2ccccc2n3-c2cccc(-c3ccccc3)c2-c2ccccc2)c1. The minimum Gasteiger partial charge on any atom is -0.344 e. The molecular weight excluding hydrogens is 617 g/mol. The Morgan fingerprint density at radius 2 is 0.941 bits per heavy atom. The molecule has 9 aromatic rings. The molecule has 0 amide bonds. The number of aromatic nitrogens is 1. The van der Waals surface area contributed by atoms with E-state index in [1.165, 1.54) is 77.7 Å². The molecule has 0 aliphatic rings. The molecule has 0 fully saturated rings. The fourth-order valence-corrected chi connectivity index (χ4v) is 7.57. The Bertz CT molecular complexity index is 2640. The van der Waals surface area contributed by atoms with Crippen molar-refractivity contribution in [2.75, 3.05) is 11.9 Å². The number of fused-ring (bicyclic) bond motifs is 3. The third kappa shape index (κ3) is 5.48. The number of hydrogen-bond donors (Lipinski definition) is 0. The van der Waals surface area contributed by atoms with Gasteiger partial charge in [-0.2, -0.15) is 0 Å². The zero-order valence-corrected chi connectivity index (χ0v) is 28.4. The largest absolute Gasteiger partial charge is 0.344 e. The average molecular weight is 653 g/mol. The molecule has 0 bridgehead atoms. The van der Waals surface area contributed by atoms with Crippen LogP contribution in [-0.4, -0.2) is 11.6 Å². The van der Waals surface area contributed by atoms with E-state index in [-0.39, 0.29) is 0 Å². The number of rotatable bonds is 7. The molecule has 0 saturated heterocycles. The van der Waals surface area contributed by atoms with E-state index in [9.17, 15) is 0 Å². The Morgan fingerprint density at radius 3 is 1.75 bits per heavy atom. The molecule has 0 N–H and O–H groups in total. The summed E-state index contributed by atoms with van der Waals surface area (Å²) in [4.78, 5) is 2.26. The van der Waals surface area contributed by atoms with Crippen molar-refractivity contribution in [3.8, 4) is 50.2 Å². The molecular formula is C49H36N2. The Balaban J connectivity index is 1.20. The topological polar surface area (TPSA) is 8.17 Å². The quantitative estimate of drug-likeness (QED) is 0.166.